The first-order chi connectivity index (χ1) is 7.01. The molecule has 0 unspecified atom stereocenters. The van der Waals surface area contributed by atoms with Crippen molar-refractivity contribution in [1.29, 1.82) is 0 Å². The molecule has 78 valence electrons. The topological polar surface area (TPSA) is 66.0 Å². The smallest absolute Gasteiger partial charge is 0.313 e. The molecule has 0 atom stereocenters. The highest BCUT2D eigenvalue weighted by molar-refractivity contribution is 5.84. The quantitative estimate of drug-likeness (QED) is 0.785. The zero-order chi connectivity index (χ0) is 11.1. The van der Waals surface area contributed by atoms with Gasteiger partial charge in [0.1, 0.15) is 0 Å². The highest BCUT2D eigenvalue weighted by Gasteiger charge is 2.29. The molecule has 0 radical (unpaired) electrons. The number of rotatable bonds is 2. The second-order valence-electron chi connectivity index (χ2n) is 4.10. The Kier molecular flexibility index (Phi) is 2.00. The van der Waals surface area contributed by atoms with E-state index < -0.39 is 11.4 Å². The summed E-state index contributed by atoms with van der Waals surface area (Å²) in [4.78, 5) is 11.1. The van der Waals surface area contributed by atoms with Crippen LogP contribution in [-0.2, 0) is 10.2 Å². The van der Waals surface area contributed by atoms with E-state index in [9.17, 15) is 4.79 Å². The van der Waals surface area contributed by atoms with Crippen LogP contribution in [0.3, 0.4) is 0 Å². The van der Waals surface area contributed by atoms with Gasteiger partial charge < -0.3 is 5.11 Å². The number of fused-ring (bicyclic) bond motifs is 1. The fourth-order valence-corrected chi connectivity index (χ4v) is 1.45. The summed E-state index contributed by atoms with van der Waals surface area (Å²) in [6.07, 6.45) is 1.69. The number of carboxylic acid groups (broad SMARTS) is 1. The Morgan fingerprint density at radius 2 is 2.20 bits per heavy atom. The van der Waals surface area contributed by atoms with Gasteiger partial charge in [-0.3, -0.25) is 9.89 Å². The first-order valence-electron chi connectivity index (χ1n) is 4.69. The van der Waals surface area contributed by atoms with Crippen molar-refractivity contribution in [3.8, 4) is 0 Å². The number of hydrogen-bond acceptors (Lipinski definition) is 2. The molecule has 0 saturated heterocycles. The first-order valence-corrected chi connectivity index (χ1v) is 4.69. The minimum atomic E-state index is -0.870. The third-order valence-electron chi connectivity index (χ3n) is 2.70. The molecule has 0 aliphatic heterocycles. The van der Waals surface area contributed by atoms with Gasteiger partial charge in [-0.05, 0) is 31.5 Å². The molecule has 15 heavy (non-hydrogen) atoms. The zero-order valence-electron chi connectivity index (χ0n) is 8.61. The Morgan fingerprint density at radius 3 is 2.87 bits per heavy atom. The van der Waals surface area contributed by atoms with Crippen molar-refractivity contribution in [3.63, 3.8) is 0 Å². The number of benzene rings is 1. The maximum atomic E-state index is 11.1. The fourth-order valence-electron chi connectivity index (χ4n) is 1.45. The van der Waals surface area contributed by atoms with E-state index in [4.69, 9.17) is 5.11 Å². The van der Waals surface area contributed by atoms with E-state index in [1.165, 1.54) is 0 Å². The summed E-state index contributed by atoms with van der Waals surface area (Å²) in [5.41, 5.74) is 0.828. The normalized spacial score (nSPS) is 11.9. The molecule has 1 aromatic carbocycles. The molecule has 4 heteroatoms. The monoisotopic (exact) mass is 204 g/mol. The fraction of sp³-hybridized carbons (Fsp3) is 0.273. The molecule has 1 aromatic heterocycles. The minimum Gasteiger partial charge on any atom is -0.481 e. The van der Waals surface area contributed by atoms with Crippen molar-refractivity contribution < 1.29 is 9.90 Å². The van der Waals surface area contributed by atoms with E-state index in [-0.39, 0.29) is 0 Å². The Balaban J connectivity index is 2.57. The number of nitrogens with zero attached hydrogens (tertiary/aromatic N) is 1. The number of aromatic nitrogens is 2. The second-order valence-corrected chi connectivity index (χ2v) is 4.10. The summed E-state index contributed by atoms with van der Waals surface area (Å²) >= 11 is 0. The third-order valence-corrected chi connectivity index (χ3v) is 2.70. The lowest BCUT2D eigenvalue weighted by Gasteiger charge is -2.19. The number of carbonyl (C=O) groups is 1. The van der Waals surface area contributed by atoms with Crippen molar-refractivity contribution in [2.75, 3.05) is 0 Å². The van der Waals surface area contributed by atoms with Crippen LogP contribution in [0.4, 0.5) is 0 Å². The van der Waals surface area contributed by atoms with Gasteiger partial charge >= 0.3 is 5.97 Å². The predicted molar refractivity (Wildman–Crippen MR) is 56.8 cm³/mol. The van der Waals surface area contributed by atoms with Crippen molar-refractivity contribution in [2.24, 2.45) is 0 Å². The summed E-state index contributed by atoms with van der Waals surface area (Å²) in [5, 5.41) is 16.8. The van der Waals surface area contributed by atoms with E-state index in [1.54, 1.807) is 20.0 Å². The van der Waals surface area contributed by atoms with Crippen LogP contribution in [0, 0.1) is 0 Å². The van der Waals surface area contributed by atoms with Gasteiger partial charge in [-0.2, -0.15) is 5.10 Å². The Hall–Kier alpha value is -1.84. The lowest BCUT2D eigenvalue weighted by molar-refractivity contribution is -0.142. The summed E-state index contributed by atoms with van der Waals surface area (Å²) in [6, 6.07) is 5.52. The molecule has 1 heterocycles. The Labute approximate surface area is 86.9 Å². The molecule has 0 bridgehead atoms. The van der Waals surface area contributed by atoms with Crippen LogP contribution in [0.2, 0.25) is 0 Å². The molecule has 4 nitrogen and oxygen atoms in total. The highest BCUT2D eigenvalue weighted by Crippen LogP contribution is 2.26. The summed E-state index contributed by atoms with van der Waals surface area (Å²) < 4.78 is 0. The van der Waals surface area contributed by atoms with Gasteiger partial charge in [0.15, 0.2) is 0 Å². The van der Waals surface area contributed by atoms with E-state index in [2.05, 4.69) is 10.2 Å². The number of H-pyrrole nitrogens is 1. The molecule has 2 aromatic rings. The maximum Gasteiger partial charge on any atom is 0.313 e. The van der Waals surface area contributed by atoms with Gasteiger partial charge in [0.25, 0.3) is 0 Å². The highest BCUT2D eigenvalue weighted by atomic mass is 16.4. The van der Waals surface area contributed by atoms with Crippen LogP contribution in [0.15, 0.2) is 24.4 Å². The number of carboxylic acids is 1. The zero-order valence-corrected chi connectivity index (χ0v) is 8.61. The molecule has 0 aliphatic rings. The standard InChI is InChI=1S/C11H12N2O2/c1-11(2,10(14)15)8-3-4-9-7(5-8)6-12-13-9/h3-6H,1-2H3,(H,12,13)(H,14,15). The third kappa shape index (κ3) is 1.48. The maximum absolute atomic E-state index is 11.1. The predicted octanol–water partition coefficient (Wildman–Crippen LogP) is 1.93. The molecule has 0 spiro atoms. The van der Waals surface area contributed by atoms with Gasteiger partial charge in [0.05, 0.1) is 17.1 Å². The van der Waals surface area contributed by atoms with E-state index >= 15 is 0 Å². The van der Waals surface area contributed by atoms with E-state index in [0.29, 0.717) is 0 Å². The summed E-state index contributed by atoms with van der Waals surface area (Å²) in [5.74, 6) is -0.828. The van der Waals surface area contributed by atoms with Gasteiger partial charge in [-0.15, -0.1) is 0 Å². The number of aliphatic carboxylic acids is 1. The van der Waals surface area contributed by atoms with Gasteiger partial charge in [-0.25, -0.2) is 0 Å². The van der Waals surface area contributed by atoms with Crippen LogP contribution in [0.25, 0.3) is 10.9 Å². The molecular weight excluding hydrogens is 192 g/mol. The molecular formula is C11H12N2O2. The first kappa shape index (κ1) is 9.71. The van der Waals surface area contributed by atoms with Crippen molar-refractivity contribution in [1.82, 2.24) is 10.2 Å². The molecule has 0 saturated carbocycles. The molecule has 0 aliphatic carbocycles. The SMILES string of the molecule is CC(C)(C(=O)O)c1ccc2[nH]ncc2c1. The summed E-state index contributed by atoms with van der Waals surface area (Å²) in [7, 11) is 0. The average molecular weight is 204 g/mol. The number of hydrogen-bond donors (Lipinski definition) is 2. The second kappa shape index (κ2) is 3.08. The van der Waals surface area contributed by atoms with Crippen molar-refractivity contribution in [3.05, 3.63) is 30.0 Å². The van der Waals surface area contributed by atoms with Crippen LogP contribution >= 0.6 is 0 Å². The van der Waals surface area contributed by atoms with Crippen molar-refractivity contribution in [2.45, 2.75) is 19.3 Å². The summed E-state index contributed by atoms with van der Waals surface area (Å²) in [6.45, 7) is 3.38. The molecule has 0 fully saturated rings. The number of aromatic amines is 1. The average Bonchev–Trinajstić information content (AvgIpc) is 2.63. The largest absolute Gasteiger partial charge is 0.481 e. The minimum absolute atomic E-state index is 0.781. The van der Waals surface area contributed by atoms with Gasteiger partial charge in [-0.1, -0.05) is 6.07 Å². The van der Waals surface area contributed by atoms with Crippen LogP contribution in [0.1, 0.15) is 19.4 Å². The number of nitrogens with one attached hydrogen (secondary N) is 1. The molecule has 2 rings (SSSR count). The Bertz CT molecular complexity index is 514. The van der Waals surface area contributed by atoms with E-state index in [1.807, 2.05) is 18.2 Å². The lowest BCUT2D eigenvalue weighted by Crippen LogP contribution is -2.28. The van der Waals surface area contributed by atoms with Crippen LogP contribution in [0.5, 0.6) is 0 Å². The molecule has 2 N–H and O–H groups in total. The van der Waals surface area contributed by atoms with Crippen LogP contribution < -0.4 is 0 Å². The van der Waals surface area contributed by atoms with Crippen molar-refractivity contribution >= 4 is 16.9 Å². The molecule has 0 amide bonds. The Morgan fingerprint density at radius 1 is 1.47 bits per heavy atom. The lowest BCUT2D eigenvalue weighted by atomic mass is 9.84. The van der Waals surface area contributed by atoms with E-state index in [0.717, 1.165) is 16.5 Å². The van der Waals surface area contributed by atoms with Gasteiger partial charge in [0, 0.05) is 5.39 Å². The van der Waals surface area contributed by atoms with Gasteiger partial charge in [0.2, 0.25) is 0 Å². The van der Waals surface area contributed by atoms with Crippen LogP contribution in [-0.4, -0.2) is 21.3 Å².